The maximum absolute atomic E-state index is 4.16. The Hall–Kier alpha value is -0.0400. The maximum Gasteiger partial charge on any atom is 0.190 e. The van der Waals surface area contributed by atoms with E-state index in [0.29, 0.717) is 0 Å². The molecule has 1 unspecified atom stereocenters. The Morgan fingerprint density at radius 2 is 2.11 bits per heavy atom. The molecule has 1 heterocycles. The zero-order valence-corrected chi connectivity index (χ0v) is 15.5. The Morgan fingerprint density at radius 1 is 1.42 bits per heavy atom. The molecule has 2 N–H and O–H groups in total. The molecule has 5 heteroatoms. The van der Waals surface area contributed by atoms with Gasteiger partial charge >= 0.3 is 0 Å². The second kappa shape index (κ2) is 9.00. The second-order valence-electron chi connectivity index (χ2n) is 5.85. The van der Waals surface area contributed by atoms with E-state index in [1.54, 1.807) is 7.05 Å². The minimum Gasteiger partial charge on any atom is -0.359 e. The fourth-order valence-electron chi connectivity index (χ4n) is 2.64. The van der Waals surface area contributed by atoms with Crippen LogP contribution in [0.3, 0.4) is 0 Å². The van der Waals surface area contributed by atoms with Gasteiger partial charge in [-0.3, -0.25) is 9.89 Å². The van der Waals surface area contributed by atoms with Gasteiger partial charge in [0.25, 0.3) is 0 Å². The first-order valence-electron chi connectivity index (χ1n) is 7.17. The van der Waals surface area contributed by atoms with Crippen LogP contribution in [0.2, 0.25) is 0 Å². The van der Waals surface area contributed by atoms with Crippen molar-refractivity contribution in [2.24, 2.45) is 10.9 Å². The van der Waals surface area contributed by atoms with E-state index in [0.717, 1.165) is 18.4 Å². The number of nitrogens with one attached hydrogen (secondary N) is 2. The van der Waals surface area contributed by atoms with Crippen molar-refractivity contribution in [1.29, 1.82) is 0 Å². The highest BCUT2D eigenvalue weighted by molar-refractivity contribution is 14.0. The Bertz CT molecular complexity index is 279. The van der Waals surface area contributed by atoms with Crippen LogP contribution in [-0.2, 0) is 0 Å². The normalized spacial score (nSPS) is 21.7. The fraction of sp³-hybridized carbons (Fsp3) is 0.929. The van der Waals surface area contributed by atoms with Crippen molar-refractivity contribution in [3.8, 4) is 0 Å². The first kappa shape index (κ1) is 19.0. The summed E-state index contributed by atoms with van der Waals surface area (Å²) in [6.45, 7) is 10.3. The van der Waals surface area contributed by atoms with Crippen LogP contribution in [-0.4, -0.2) is 50.1 Å². The molecule has 0 saturated carbocycles. The molecule has 0 aromatic heterocycles. The van der Waals surface area contributed by atoms with Gasteiger partial charge in [0.15, 0.2) is 5.96 Å². The van der Waals surface area contributed by atoms with Gasteiger partial charge in [-0.05, 0) is 39.2 Å². The molecule has 0 amide bonds. The van der Waals surface area contributed by atoms with Gasteiger partial charge in [-0.2, -0.15) is 0 Å². The molecule has 0 radical (unpaired) electrons. The van der Waals surface area contributed by atoms with Crippen molar-refractivity contribution >= 4 is 29.9 Å². The highest BCUT2D eigenvalue weighted by Gasteiger charge is 2.30. The summed E-state index contributed by atoms with van der Waals surface area (Å²) in [5.41, 5.74) is 0.181. The van der Waals surface area contributed by atoms with Gasteiger partial charge in [0.2, 0.25) is 0 Å². The molecular weight excluding hydrogens is 351 g/mol. The summed E-state index contributed by atoms with van der Waals surface area (Å²) in [4.78, 5) is 6.79. The van der Waals surface area contributed by atoms with Crippen LogP contribution in [0.4, 0.5) is 0 Å². The van der Waals surface area contributed by atoms with E-state index in [-0.39, 0.29) is 29.5 Å². The zero-order chi connectivity index (χ0) is 13.6. The second-order valence-corrected chi connectivity index (χ2v) is 5.85. The van der Waals surface area contributed by atoms with E-state index < -0.39 is 0 Å². The van der Waals surface area contributed by atoms with Gasteiger partial charge in [0.1, 0.15) is 0 Å². The smallest absolute Gasteiger partial charge is 0.190 e. The van der Waals surface area contributed by atoms with Crippen LogP contribution in [0.1, 0.15) is 40.0 Å². The van der Waals surface area contributed by atoms with E-state index >= 15 is 0 Å². The Labute approximate surface area is 135 Å². The molecule has 1 aliphatic rings. The van der Waals surface area contributed by atoms with Crippen LogP contribution in [0, 0.1) is 5.92 Å². The molecule has 0 aromatic rings. The molecule has 1 saturated heterocycles. The molecule has 1 atom stereocenters. The van der Waals surface area contributed by atoms with E-state index in [4.69, 9.17) is 0 Å². The molecule has 1 rings (SSSR count). The molecule has 0 bridgehead atoms. The average Bonchev–Trinajstić information content (AvgIpc) is 2.40. The third-order valence-electron chi connectivity index (χ3n) is 4.10. The van der Waals surface area contributed by atoms with Crippen LogP contribution in [0.15, 0.2) is 4.99 Å². The van der Waals surface area contributed by atoms with Crippen molar-refractivity contribution in [2.45, 2.75) is 45.6 Å². The summed E-state index contributed by atoms with van der Waals surface area (Å²) >= 11 is 0. The molecular formula is C14H31IN4. The molecule has 0 spiro atoms. The minimum atomic E-state index is 0. The van der Waals surface area contributed by atoms with Crippen LogP contribution >= 0.6 is 24.0 Å². The number of aliphatic imine (C=N–C) groups is 1. The third-order valence-corrected chi connectivity index (χ3v) is 4.10. The lowest BCUT2D eigenvalue weighted by Crippen LogP contribution is -2.55. The van der Waals surface area contributed by atoms with Gasteiger partial charge in [-0.25, -0.2) is 0 Å². The molecule has 0 aromatic carbocycles. The molecule has 4 nitrogen and oxygen atoms in total. The number of nitrogens with zero attached hydrogens (tertiary/aromatic N) is 2. The van der Waals surface area contributed by atoms with E-state index in [2.05, 4.69) is 41.3 Å². The lowest BCUT2D eigenvalue weighted by atomic mass is 9.91. The highest BCUT2D eigenvalue weighted by Crippen LogP contribution is 2.25. The van der Waals surface area contributed by atoms with Gasteiger partial charge in [-0.1, -0.05) is 13.3 Å². The quantitative estimate of drug-likeness (QED) is 0.445. The molecule has 1 fully saturated rings. The number of hydrogen-bond acceptors (Lipinski definition) is 2. The number of rotatable bonds is 4. The Morgan fingerprint density at radius 3 is 2.63 bits per heavy atom. The summed E-state index contributed by atoms with van der Waals surface area (Å²) in [5, 5.41) is 6.45. The predicted octanol–water partition coefficient (Wildman–Crippen LogP) is 2.30. The monoisotopic (exact) mass is 382 g/mol. The van der Waals surface area contributed by atoms with Gasteiger partial charge in [-0.15, -0.1) is 24.0 Å². The van der Waals surface area contributed by atoms with Crippen LogP contribution in [0.25, 0.3) is 0 Å². The van der Waals surface area contributed by atoms with Gasteiger partial charge in [0.05, 0.1) is 0 Å². The number of hydrogen-bond donors (Lipinski definition) is 2. The molecule has 114 valence electrons. The van der Waals surface area contributed by atoms with Crippen LogP contribution in [0.5, 0.6) is 0 Å². The first-order chi connectivity index (χ1) is 8.53. The van der Waals surface area contributed by atoms with Crippen molar-refractivity contribution in [3.63, 3.8) is 0 Å². The topological polar surface area (TPSA) is 39.7 Å². The SMILES string of the molecule is CCC1CCCN(C(C)(C)CNC(=NC)NC)C1.I. The maximum atomic E-state index is 4.16. The number of piperidine rings is 1. The fourth-order valence-corrected chi connectivity index (χ4v) is 2.64. The lowest BCUT2D eigenvalue weighted by molar-refractivity contribution is 0.0680. The van der Waals surface area contributed by atoms with Crippen molar-refractivity contribution in [2.75, 3.05) is 33.7 Å². The first-order valence-corrected chi connectivity index (χ1v) is 7.17. The summed E-state index contributed by atoms with van der Waals surface area (Å²) in [6, 6.07) is 0. The van der Waals surface area contributed by atoms with Crippen molar-refractivity contribution < 1.29 is 0 Å². The number of likely N-dealkylation sites (tertiary alicyclic amines) is 1. The standard InChI is InChI=1S/C14H30N4.HI/c1-6-12-8-7-9-18(10-12)14(2,3)11-17-13(15-4)16-5;/h12H,6-11H2,1-5H3,(H2,15,16,17);1H. The Kier molecular flexibility index (Phi) is 8.98. The van der Waals surface area contributed by atoms with Crippen molar-refractivity contribution in [3.05, 3.63) is 0 Å². The summed E-state index contributed by atoms with van der Waals surface area (Å²) in [7, 11) is 3.70. The van der Waals surface area contributed by atoms with E-state index in [1.165, 1.54) is 32.4 Å². The van der Waals surface area contributed by atoms with Gasteiger partial charge in [0, 0.05) is 32.7 Å². The highest BCUT2D eigenvalue weighted by atomic mass is 127. The average molecular weight is 382 g/mol. The largest absolute Gasteiger partial charge is 0.359 e. The van der Waals surface area contributed by atoms with Crippen LogP contribution < -0.4 is 10.6 Å². The van der Waals surface area contributed by atoms with Gasteiger partial charge < -0.3 is 10.6 Å². The van der Waals surface area contributed by atoms with Crippen molar-refractivity contribution in [1.82, 2.24) is 15.5 Å². The third kappa shape index (κ3) is 5.85. The van der Waals surface area contributed by atoms with E-state index in [9.17, 15) is 0 Å². The molecule has 0 aliphatic carbocycles. The number of halogens is 1. The molecule has 1 aliphatic heterocycles. The minimum absolute atomic E-state index is 0. The summed E-state index contributed by atoms with van der Waals surface area (Å²) in [5.74, 6) is 1.74. The number of guanidine groups is 1. The predicted molar refractivity (Wildman–Crippen MR) is 94.5 cm³/mol. The summed E-state index contributed by atoms with van der Waals surface area (Å²) < 4.78 is 0. The Balaban J connectivity index is 0.00000324. The zero-order valence-electron chi connectivity index (χ0n) is 13.1. The molecule has 19 heavy (non-hydrogen) atoms. The van der Waals surface area contributed by atoms with E-state index in [1.807, 2.05) is 7.05 Å². The lowest BCUT2D eigenvalue weighted by Gasteiger charge is -2.43. The summed E-state index contributed by atoms with van der Waals surface area (Å²) in [6.07, 6.45) is 4.04.